The molecule has 0 saturated heterocycles. The molecule has 3 nitrogen and oxygen atoms in total. The molecule has 2 rings (SSSR count). The van der Waals surface area contributed by atoms with Gasteiger partial charge in [0.05, 0.1) is 5.92 Å². The molecule has 1 amide bonds. The number of aryl methyl sites for hydroxylation is 2. The van der Waals surface area contributed by atoms with E-state index >= 15 is 0 Å². The highest BCUT2D eigenvalue weighted by Crippen LogP contribution is 2.24. The Morgan fingerprint density at radius 3 is 2.68 bits per heavy atom. The minimum atomic E-state index is -0.0387. The van der Waals surface area contributed by atoms with Crippen LogP contribution in [0.5, 0.6) is 0 Å². The maximum absolute atomic E-state index is 12.4. The molecule has 2 atom stereocenters. The second kappa shape index (κ2) is 6.20. The summed E-state index contributed by atoms with van der Waals surface area (Å²) in [5.41, 5.74) is 9.36. The lowest BCUT2D eigenvalue weighted by Crippen LogP contribution is -2.37. The summed E-state index contributed by atoms with van der Waals surface area (Å²) in [4.78, 5) is 12.4. The van der Waals surface area contributed by atoms with Crippen LogP contribution in [-0.2, 0) is 4.79 Å². The monoisotopic (exact) mass is 260 g/mol. The second-order valence-electron chi connectivity index (χ2n) is 5.72. The first-order chi connectivity index (χ1) is 9.08. The smallest absolute Gasteiger partial charge is 0.229 e. The minimum Gasteiger partial charge on any atom is -0.327 e. The summed E-state index contributed by atoms with van der Waals surface area (Å²) in [6.07, 6.45) is 5.33. The van der Waals surface area contributed by atoms with E-state index in [1.54, 1.807) is 0 Å². The van der Waals surface area contributed by atoms with E-state index in [0.717, 1.165) is 36.9 Å². The summed E-state index contributed by atoms with van der Waals surface area (Å²) in [6, 6.07) is 6.09. The molecule has 0 aliphatic heterocycles. The second-order valence-corrected chi connectivity index (χ2v) is 5.72. The zero-order valence-electron chi connectivity index (χ0n) is 11.9. The van der Waals surface area contributed by atoms with Gasteiger partial charge in [0, 0.05) is 11.7 Å². The van der Waals surface area contributed by atoms with Crippen molar-refractivity contribution in [2.45, 2.75) is 52.0 Å². The van der Waals surface area contributed by atoms with Gasteiger partial charge in [-0.3, -0.25) is 4.79 Å². The van der Waals surface area contributed by atoms with Gasteiger partial charge in [0.25, 0.3) is 0 Å². The van der Waals surface area contributed by atoms with Gasteiger partial charge in [0.15, 0.2) is 0 Å². The Kier molecular flexibility index (Phi) is 4.59. The molecule has 1 fully saturated rings. The third-order valence-corrected chi connectivity index (χ3v) is 4.05. The number of carbonyl (C=O) groups is 1. The fourth-order valence-electron chi connectivity index (χ4n) is 2.84. The van der Waals surface area contributed by atoms with Crippen molar-refractivity contribution >= 4 is 11.6 Å². The molecule has 3 heteroatoms. The zero-order chi connectivity index (χ0) is 13.8. The van der Waals surface area contributed by atoms with Gasteiger partial charge in [-0.05, 0) is 38.3 Å². The number of hydrogen-bond acceptors (Lipinski definition) is 2. The Labute approximate surface area is 115 Å². The molecule has 1 aromatic carbocycles. The number of amides is 1. The van der Waals surface area contributed by atoms with Gasteiger partial charge in [-0.25, -0.2) is 0 Å². The largest absolute Gasteiger partial charge is 0.327 e. The lowest BCUT2D eigenvalue weighted by atomic mass is 9.94. The number of nitrogens with two attached hydrogens (primary N) is 1. The Hall–Kier alpha value is -1.35. The third kappa shape index (κ3) is 3.57. The van der Waals surface area contributed by atoms with Gasteiger partial charge in [-0.15, -0.1) is 0 Å². The lowest BCUT2D eigenvalue weighted by molar-refractivity contribution is -0.120. The predicted molar refractivity (Wildman–Crippen MR) is 79.1 cm³/mol. The van der Waals surface area contributed by atoms with Crippen LogP contribution in [0.2, 0.25) is 0 Å². The zero-order valence-corrected chi connectivity index (χ0v) is 11.9. The molecule has 0 heterocycles. The molecular formula is C16H24N2O. The van der Waals surface area contributed by atoms with Crippen LogP contribution < -0.4 is 11.1 Å². The highest BCUT2D eigenvalue weighted by atomic mass is 16.1. The van der Waals surface area contributed by atoms with Crippen LogP contribution in [0, 0.1) is 19.8 Å². The number of anilines is 1. The Balaban J connectivity index is 2.07. The highest BCUT2D eigenvalue weighted by molar-refractivity contribution is 5.93. The first-order valence-electron chi connectivity index (χ1n) is 7.21. The quantitative estimate of drug-likeness (QED) is 0.803. The molecule has 0 spiro atoms. The highest BCUT2D eigenvalue weighted by Gasteiger charge is 2.27. The molecule has 0 radical (unpaired) electrons. The van der Waals surface area contributed by atoms with Gasteiger partial charge in [0.1, 0.15) is 0 Å². The first kappa shape index (κ1) is 14.1. The number of benzene rings is 1. The van der Waals surface area contributed by atoms with Gasteiger partial charge >= 0.3 is 0 Å². The van der Waals surface area contributed by atoms with Crippen LogP contribution in [0.15, 0.2) is 18.2 Å². The normalized spacial score (nSPS) is 23.7. The van der Waals surface area contributed by atoms with Crippen molar-refractivity contribution in [3.8, 4) is 0 Å². The number of rotatable bonds is 2. The van der Waals surface area contributed by atoms with Crippen molar-refractivity contribution < 1.29 is 4.79 Å². The van der Waals surface area contributed by atoms with Crippen LogP contribution in [0.3, 0.4) is 0 Å². The van der Waals surface area contributed by atoms with Crippen molar-refractivity contribution in [1.29, 1.82) is 0 Å². The van der Waals surface area contributed by atoms with Gasteiger partial charge in [-0.1, -0.05) is 37.0 Å². The van der Waals surface area contributed by atoms with Gasteiger partial charge < -0.3 is 11.1 Å². The lowest BCUT2D eigenvalue weighted by Gasteiger charge is -2.21. The van der Waals surface area contributed by atoms with Crippen molar-refractivity contribution in [2.75, 3.05) is 5.32 Å². The number of hydrogen-bond donors (Lipinski definition) is 2. The maximum Gasteiger partial charge on any atom is 0.229 e. The summed E-state index contributed by atoms with van der Waals surface area (Å²) in [5.74, 6) is 0.0459. The van der Waals surface area contributed by atoms with Crippen LogP contribution >= 0.6 is 0 Å². The van der Waals surface area contributed by atoms with E-state index in [2.05, 4.69) is 18.3 Å². The summed E-state index contributed by atoms with van der Waals surface area (Å²) in [5, 5.41) is 3.05. The Morgan fingerprint density at radius 2 is 1.95 bits per heavy atom. The molecule has 1 aliphatic rings. The van der Waals surface area contributed by atoms with E-state index in [-0.39, 0.29) is 17.9 Å². The Morgan fingerprint density at radius 1 is 1.21 bits per heavy atom. The molecule has 0 aromatic heterocycles. The van der Waals surface area contributed by atoms with Crippen LogP contribution in [-0.4, -0.2) is 11.9 Å². The molecule has 104 valence electrons. The van der Waals surface area contributed by atoms with Gasteiger partial charge in [0.2, 0.25) is 5.91 Å². The molecule has 0 bridgehead atoms. The topological polar surface area (TPSA) is 55.1 Å². The molecular weight excluding hydrogens is 236 g/mol. The van der Waals surface area contributed by atoms with E-state index < -0.39 is 0 Å². The minimum absolute atomic E-state index is 0.00764. The van der Waals surface area contributed by atoms with Crippen molar-refractivity contribution in [3.63, 3.8) is 0 Å². The number of nitrogens with one attached hydrogen (secondary N) is 1. The standard InChI is InChI=1S/C16H24N2O/c1-11-8-9-15(12(2)10-11)18-16(19)13-6-4-3-5-7-14(13)17/h8-10,13-14H,3-7,17H2,1-2H3,(H,18,19). The summed E-state index contributed by atoms with van der Waals surface area (Å²) in [7, 11) is 0. The molecule has 1 aromatic rings. The first-order valence-corrected chi connectivity index (χ1v) is 7.21. The molecule has 2 unspecified atom stereocenters. The van der Waals surface area contributed by atoms with E-state index in [1.165, 1.54) is 12.0 Å². The van der Waals surface area contributed by atoms with E-state index in [0.29, 0.717) is 0 Å². The average molecular weight is 260 g/mol. The summed E-state index contributed by atoms with van der Waals surface area (Å²) in [6.45, 7) is 4.08. The molecule has 19 heavy (non-hydrogen) atoms. The molecule has 1 saturated carbocycles. The summed E-state index contributed by atoms with van der Waals surface area (Å²) >= 11 is 0. The van der Waals surface area contributed by atoms with Crippen LogP contribution in [0.1, 0.15) is 43.2 Å². The Bertz CT molecular complexity index is 456. The average Bonchev–Trinajstić information content (AvgIpc) is 2.57. The van der Waals surface area contributed by atoms with E-state index in [1.807, 2.05) is 19.1 Å². The van der Waals surface area contributed by atoms with Gasteiger partial charge in [-0.2, -0.15) is 0 Å². The van der Waals surface area contributed by atoms with E-state index in [4.69, 9.17) is 5.73 Å². The summed E-state index contributed by atoms with van der Waals surface area (Å²) < 4.78 is 0. The van der Waals surface area contributed by atoms with E-state index in [9.17, 15) is 4.79 Å². The SMILES string of the molecule is Cc1ccc(NC(=O)C2CCCCCC2N)c(C)c1. The maximum atomic E-state index is 12.4. The van der Waals surface area contributed by atoms with Crippen molar-refractivity contribution in [1.82, 2.24) is 0 Å². The molecule has 3 N–H and O–H groups in total. The van der Waals surface area contributed by atoms with Crippen LogP contribution in [0.25, 0.3) is 0 Å². The predicted octanol–water partition coefficient (Wildman–Crippen LogP) is 3.15. The fraction of sp³-hybridized carbons (Fsp3) is 0.562. The molecule has 1 aliphatic carbocycles. The van der Waals surface area contributed by atoms with Crippen LogP contribution in [0.4, 0.5) is 5.69 Å². The third-order valence-electron chi connectivity index (χ3n) is 4.05. The van der Waals surface area contributed by atoms with Crippen molar-refractivity contribution in [3.05, 3.63) is 29.3 Å². The fourth-order valence-corrected chi connectivity index (χ4v) is 2.84. The van der Waals surface area contributed by atoms with Crippen molar-refractivity contribution in [2.24, 2.45) is 11.7 Å². The number of carbonyl (C=O) groups excluding carboxylic acids is 1.